The Bertz CT molecular complexity index is 282. The van der Waals surface area contributed by atoms with Gasteiger partial charge in [-0.3, -0.25) is 0 Å². The van der Waals surface area contributed by atoms with Gasteiger partial charge in [-0.25, -0.2) is 8.42 Å². The van der Waals surface area contributed by atoms with Crippen LogP contribution in [0.2, 0.25) is 0 Å². The number of sulfone groups is 1. The molecule has 0 bridgehead atoms. The van der Waals surface area contributed by atoms with Gasteiger partial charge in [-0.2, -0.15) is 10.5 Å². The third-order valence-corrected chi connectivity index (χ3v) is 2.30. The summed E-state index contributed by atoms with van der Waals surface area (Å²) in [5, 5.41) is 32.7. The Morgan fingerprint density at radius 2 is 1.36 bits per heavy atom. The minimum absolute atomic E-state index is 0.977. The van der Waals surface area contributed by atoms with Gasteiger partial charge in [-0.15, -0.1) is 0 Å². The monoisotopic (exact) mass is 176 g/mol. The summed E-state index contributed by atoms with van der Waals surface area (Å²) in [6.45, 7) is 0. The third kappa shape index (κ3) is 1.88. The van der Waals surface area contributed by atoms with Crippen molar-refractivity contribution in [2.45, 2.75) is 10.9 Å². The zero-order valence-corrected chi connectivity index (χ0v) is 5.98. The molecule has 0 fully saturated rings. The van der Waals surface area contributed by atoms with E-state index in [-0.39, 0.29) is 0 Å². The van der Waals surface area contributed by atoms with E-state index in [4.69, 9.17) is 20.7 Å². The van der Waals surface area contributed by atoms with Crippen molar-refractivity contribution >= 4 is 9.84 Å². The highest BCUT2D eigenvalue weighted by Gasteiger charge is 2.31. The summed E-state index contributed by atoms with van der Waals surface area (Å²) >= 11 is 0. The van der Waals surface area contributed by atoms with Gasteiger partial charge in [0, 0.05) is 0 Å². The average Bonchev–Trinajstić information content (AvgIpc) is 2.01. The maximum Gasteiger partial charge on any atom is 0.247 e. The highest BCUT2D eigenvalue weighted by molar-refractivity contribution is 7.92. The first-order valence-electron chi connectivity index (χ1n) is 2.35. The summed E-state index contributed by atoms with van der Waals surface area (Å²) in [5.41, 5.74) is -4.70. The van der Waals surface area contributed by atoms with Crippen molar-refractivity contribution in [3.8, 4) is 12.1 Å². The van der Waals surface area contributed by atoms with Crippen molar-refractivity contribution in [2.75, 3.05) is 0 Å². The maximum absolute atomic E-state index is 10.5. The van der Waals surface area contributed by atoms with E-state index in [9.17, 15) is 8.42 Å². The Balaban J connectivity index is 4.83. The first-order valence-corrected chi connectivity index (χ1v) is 3.96. The van der Waals surface area contributed by atoms with Crippen molar-refractivity contribution in [3.05, 3.63) is 0 Å². The van der Waals surface area contributed by atoms with Gasteiger partial charge < -0.3 is 10.2 Å². The first kappa shape index (κ1) is 9.85. The second-order valence-electron chi connectivity index (χ2n) is 1.55. The third-order valence-electron chi connectivity index (χ3n) is 0.843. The molecule has 0 aromatic carbocycles. The summed E-state index contributed by atoms with van der Waals surface area (Å²) in [4.78, 5) is 0. The van der Waals surface area contributed by atoms with Crippen LogP contribution in [0.1, 0.15) is 0 Å². The van der Waals surface area contributed by atoms with Gasteiger partial charge in [0.15, 0.2) is 0 Å². The average molecular weight is 176 g/mol. The molecule has 2 unspecified atom stereocenters. The largest absolute Gasteiger partial charge is 0.366 e. The molecule has 0 aliphatic heterocycles. The summed E-state index contributed by atoms with van der Waals surface area (Å²) in [7, 11) is -4.45. The Morgan fingerprint density at radius 3 is 1.55 bits per heavy atom. The topological polar surface area (TPSA) is 122 Å². The fourth-order valence-electron chi connectivity index (χ4n) is 0.269. The number of aliphatic hydroxyl groups excluding tert-OH is 2. The molecular formula is C4H4N2O4S. The first-order chi connectivity index (χ1) is 4.96. The van der Waals surface area contributed by atoms with Gasteiger partial charge in [0.05, 0.1) is 0 Å². The van der Waals surface area contributed by atoms with Crippen molar-refractivity contribution in [3.63, 3.8) is 0 Å². The lowest BCUT2D eigenvalue weighted by atomic mass is 10.8. The van der Waals surface area contributed by atoms with E-state index in [1.54, 1.807) is 0 Å². The van der Waals surface area contributed by atoms with Crippen LogP contribution < -0.4 is 0 Å². The molecule has 0 aliphatic carbocycles. The van der Waals surface area contributed by atoms with Crippen LogP contribution in [0.5, 0.6) is 0 Å². The molecule has 0 amide bonds. The molecule has 11 heavy (non-hydrogen) atoms. The molecule has 0 saturated heterocycles. The molecule has 0 radical (unpaired) electrons. The predicted octanol–water partition coefficient (Wildman–Crippen LogP) is -1.91. The molecule has 0 aromatic heterocycles. The number of rotatable bonds is 2. The summed E-state index contributed by atoms with van der Waals surface area (Å²) in [5.74, 6) is 0. The van der Waals surface area contributed by atoms with Gasteiger partial charge >= 0.3 is 0 Å². The van der Waals surface area contributed by atoms with Gasteiger partial charge in [0.25, 0.3) is 0 Å². The molecule has 7 heteroatoms. The Hall–Kier alpha value is -1.15. The van der Waals surface area contributed by atoms with E-state index in [0.29, 0.717) is 0 Å². The molecule has 0 spiro atoms. The normalized spacial score (nSPS) is 16.0. The van der Waals surface area contributed by atoms with E-state index >= 15 is 0 Å². The van der Waals surface area contributed by atoms with Crippen LogP contribution in [0.3, 0.4) is 0 Å². The lowest BCUT2D eigenvalue weighted by molar-refractivity contribution is 0.264. The van der Waals surface area contributed by atoms with E-state index in [1.807, 2.05) is 0 Å². The lowest BCUT2D eigenvalue weighted by Gasteiger charge is -2.03. The maximum atomic E-state index is 10.5. The molecule has 0 aliphatic rings. The van der Waals surface area contributed by atoms with Crippen LogP contribution >= 0.6 is 0 Å². The number of hydrogen-bond donors (Lipinski definition) is 2. The van der Waals surface area contributed by atoms with Crippen molar-refractivity contribution in [2.24, 2.45) is 0 Å². The molecule has 60 valence electrons. The van der Waals surface area contributed by atoms with Crippen molar-refractivity contribution < 1.29 is 18.6 Å². The number of aliphatic hydroxyl groups is 2. The molecule has 6 nitrogen and oxygen atoms in total. The highest BCUT2D eigenvalue weighted by atomic mass is 32.2. The van der Waals surface area contributed by atoms with Gasteiger partial charge in [0.1, 0.15) is 12.1 Å². The standard InChI is InChI=1S/C4H4N2O4S/c5-1-3(7)11(9,10)4(8)2-6/h3-4,7-8H. The molecule has 2 atom stereocenters. The van der Waals surface area contributed by atoms with Crippen LogP contribution in [0.25, 0.3) is 0 Å². The molecule has 0 saturated carbocycles. The fraction of sp³-hybridized carbons (Fsp3) is 0.500. The fourth-order valence-corrected chi connectivity index (χ4v) is 0.807. The van der Waals surface area contributed by atoms with Crippen LogP contribution in [-0.4, -0.2) is 29.5 Å². The summed E-state index contributed by atoms with van der Waals surface area (Å²) in [6.07, 6.45) is 0. The van der Waals surface area contributed by atoms with Crippen LogP contribution in [0.4, 0.5) is 0 Å². The van der Waals surface area contributed by atoms with Gasteiger partial charge in [0.2, 0.25) is 20.7 Å². The van der Waals surface area contributed by atoms with E-state index in [0.717, 1.165) is 12.1 Å². The Morgan fingerprint density at radius 1 is 1.09 bits per heavy atom. The lowest BCUT2D eigenvalue weighted by Crippen LogP contribution is -2.29. The van der Waals surface area contributed by atoms with Crippen LogP contribution in [-0.2, 0) is 9.84 Å². The zero-order chi connectivity index (χ0) is 9.07. The molecular weight excluding hydrogens is 172 g/mol. The number of nitriles is 2. The molecule has 2 N–H and O–H groups in total. The summed E-state index contributed by atoms with van der Waals surface area (Å²) in [6, 6.07) is 1.95. The second kappa shape index (κ2) is 3.30. The van der Waals surface area contributed by atoms with E-state index in [2.05, 4.69) is 0 Å². The van der Waals surface area contributed by atoms with Crippen LogP contribution in [0, 0.1) is 22.7 Å². The second-order valence-corrected chi connectivity index (χ2v) is 3.62. The van der Waals surface area contributed by atoms with Crippen LogP contribution in [0.15, 0.2) is 0 Å². The minimum atomic E-state index is -4.45. The molecule has 0 aromatic rings. The van der Waals surface area contributed by atoms with Gasteiger partial charge in [-0.05, 0) is 0 Å². The van der Waals surface area contributed by atoms with E-state index in [1.165, 1.54) is 0 Å². The van der Waals surface area contributed by atoms with Crippen molar-refractivity contribution in [1.82, 2.24) is 0 Å². The number of hydrogen-bond acceptors (Lipinski definition) is 6. The van der Waals surface area contributed by atoms with E-state index < -0.39 is 20.7 Å². The molecule has 0 rings (SSSR count). The quantitative estimate of drug-likeness (QED) is 0.473. The number of nitrogens with zero attached hydrogens (tertiary/aromatic N) is 2. The SMILES string of the molecule is N#CC(O)S(=O)(=O)C(O)C#N. The Kier molecular flexibility index (Phi) is 2.96. The zero-order valence-electron chi connectivity index (χ0n) is 5.17. The highest BCUT2D eigenvalue weighted by Crippen LogP contribution is 2.02. The smallest absolute Gasteiger partial charge is 0.247 e. The predicted molar refractivity (Wildman–Crippen MR) is 32.2 cm³/mol. The van der Waals surface area contributed by atoms with Gasteiger partial charge in [-0.1, -0.05) is 0 Å². The molecule has 0 heterocycles. The van der Waals surface area contributed by atoms with Crippen molar-refractivity contribution in [1.29, 1.82) is 10.5 Å². The Labute approximate surface area is 62.8 Å². The minimum Gasteiger partial charge on any atom is -0.366 e. The summed E-state index contributed by atoms with van der Waals surface area (Å²) < 4.78 is 21.1.